The average Bonchev–Trinajstić information content (AvgIpc) is 2.81. The first kappa shape index (κ1) is 9.21. The molecular formula is C11H10N2O3. The molecule has 1 N–H and O–H groups in total. The Hall–Kier alpha value is -2.04. The average molecular weight is 218 g/mol. The zero-order chi connectivity index (χ0) is 11.3. The number of furan rings is 1. The SMILES string of the molecule is Cc1occ2c1CCn1c-2cnc1C(=O)O. The Morgan fingerprint density at radius 3 is 3.19 bits per heavy atom. The van der Waals surface area contributed by atoms with Crippen molar-refractivity contribution in [3.8, 4) is 11.3 Å². The predicted molar refractivity (Wildman–Crippen MR) is 55.3 cm³/mol. The number of carboxylic acid groups (broad SMARTS) is 1. The van der Waals surface area contributed by atoms with Gasteiger partial charge >= 0.3 is 5.97 Å². The quantitative estimate of drug-likeness (QED) is 0.791. The first-order valence-electron chi connectivity index (χ1n) is 5.04. The van der Waals surface area contributed by atoms with E-state index in [2.05, 4.69) is 4.98 Å². The molecule has 0 bridgehead atoms. The molecule has 1 aliphatic rings. The second-order valence-corrected chi connectivity index (χ2v) is 3.86. The molecule has 82 valence electrons. The van der Waals surface area contributed by atoms with Crippen molar-refractivity contribution >= 4 is 5.97 Å². The van der Waals surface area contributed by atoms with Crippen molar-refractivity contribution in [3.05, 3.63) is 29.6 Å². The summed E-state index contributed by atoms with van der Waals surface area (Å²) in [5.74, 6) is 0.00810. The summed E-state index contributed by atoms with van der Waals surface area (Å²) in [5, 5.41) is 8.98. The van der Waals surface area contributed by atoms with Gasteiger partial charge in [-0.25, -0.2) is 9.78 Å². The number of carboxylic acids is 1. The minimum atomic E-state index is -0.991. The molecule has 3 rings (SSSR count). The monoisotopic (exact) mass is 218 g/mol. The summed E-state index contributed by atoms with van der Waals surface area (Å²) < 4.78 is 7.08. The van der Waals surface area contributed by atoms with E-state index in [-0.39, 0.29) is 5.82 Å². The highest BCUT2D eigenvalue weighted by Gasteiger charge is 2.25. The Morgan fingerprint density at radius 2 is 2.44 bits per heavy atom. The van der Waals surface area contributed by atoms with Crippen molar-refractivity contribution in [2.24, 2.45) is 0 Å². The molecule has 0 unspecified atom stereocenters. The van der Waals surface area contributed by atoms with Gasteiger partial charge in [-0.1, -0.05) is 0 Å². The number of fused-ring (bicyclic) bond motifs is 3. The second kappa shape index (κ2) is 2.98. The van der Waals surface area contributed by atoms with Crippen LogP contribution in [0.2, 0.25) is 0 Å². The summed E-state index contributed by atoms with van der Waals surface area (Å²) in [7, 11) is 0. The summed E-state index contributed by atoms with van der Waals surface area (Å²) >= 11 is 0. The molecule has 0 amide bonds. The van der Waals surface area contributed by atoms with Gasteiger partial charge in [0.1, 0.15) is 12.0 Å². The smallest absolute Gasteiger partial charge is 0.372 e. The van der Waals surface area contributed by atoms with Gasteiger partial charge < -0.3 is 14.1 Å². The van der Waals surface area contributed by atoms with Gasteiger partial charge in [0, 0.05) is 17.7 Å². The summed E-state index contributed by atoms with van der Waals surface area (Å²) in [5.41, 5.74) is 2.95. The van der Waals surface area contributed by atoms with Gasteiger partial charge in [-0.2, -0.15) is 0 Å². The van der Waals surface area contributed by atoms with Crippen LogP contribution >= 0.6 is 0 Å². The second-order valence-electron chi connectivity index (χ2n) is 3.86. The standard InChI is InChI=1S/C11H10N2O3/c1-6-7-2-3-13-9(8(7)5-16-6)4-12-10(13)11(14)15/h4-5H,2-3H2,1H3,(H,14,15). The van der Waals surface area contributed by atoms with Crippen LogP contribution in [0.25, 0.3) is 11.3 Å². The van der Waals surface area contributed by atoms with Crippen molar-refractivity contribution in [1.29, 1.82) is 0 Å². The molecule has 1 aliphatic heterocycles. The number of carbonyl (C=O) groups is 1. The van der Waals surface area contributed by atoms with Crippen LogP contribution in [-0.4, -0.2) is 20.6 Å². The summed E-state index contributed by atoms with van der Waals surface area (Å²) in [4.78, 5) is 14.9. The molecule has 3 heterocycles. The molecule has 5 nitrogen and oxygen atoms in total. The maximum Gasteiger partial charge on any atom is 0.372 e. The van der Waals surface area contributed by atoms with E-state index in [0.717, 1.165) is 29.0 Å². The number of rotatable bonds is 1. The van der Waals surface area contributed by atoms with Crippen LogP contribution in [0.15, 0.2) is 16.9 Å². The molecule has 2 aromatic rings. The minimum Gasteiger partial charge on any atom is -0.475 e. The van der Waals surface area contributed by atoms with Crippen molar-refractivity contribution in [3.63, 3.8) is 0 Å². The van der Waals surface area contributed by atoms with E-state index in [1.165, 1.54) is 0 Å². The zero-order valence-electron chi connectivity index (χ0n) is 8.73. The van der Waals surface area contributed by atoms with E-state index < -0.39 is 5.97 Å². The topological polar surface area (TPSA) is 68.3 Å². The van der Waals surface area contributed by atoms with Crippen LogP contribution < -0.4 is 0 Å². The van der Waals surface area contributed by atoms with Crippen LogP contribution in [-0.2, 0) is 13.0 Å². The van der Waals surface area contributed by atoms with Crippen LogP contribution in [0.5, 0.6) is 0 Å². The van der Waals surface area contributed by atoms with Gasteiger partial charge in [-0.15, -0.1) is 0 Å². The van der Waals surface area contributed by atoms with Crippen molar-refractivity contribution in [1.82, 2.24) is 9.55 Å². The molecule has 0 fully saturated rings. The third kappa shape index (κ3) is 1.05. The zero-order valence-corrected chi connectivity index (χ0v) is 8.73. The molecule has 0 saturated carbocycles. The van der Waals surface area contributed by atoms with Gasteiger partial charge in [-0.05, 0) is 13.3 Å². The number of hydrogen-bond donors (Lipinski definition) is 1. The first-order chi connectivity index (χ1) is 7.68. The minimum absolute atomic E-state index is 0.0968. The van der Waals surface area contributed by atoms with Crippen molar-refractivity contribution < 1.29 is 14.3 Å². The Balaban J connectivity index is 2.23. The molecule has 0 saturated heterocycles. The summed E-state index contributed by atoms with van der Waals surface area (Å²) in [6.45, 7) is 2.56. The molecule has 0 radical (unpaired) electrons. The molecule has 2 aromatic heterocycles. The van der Waals surface area contributed by atoms with Crippen LogP contribution in [0.4, 0.5) is 0 Å². The number of hydrogen-bond acceptors (Lipinski definition) is 3. The van der Waals surface area contributed by atoms with Gasteiger partial charge in [0.2, 0.25) is 5.82 Å². The normalized spacial score (nSPS) is 13.3. The Morgan fingerprint density at radius 1 is 1.62 bits per heavy atom. The molecule has 16 heavy (non-hydrogen) atoms. The van der Waals surface area contributed by atoms with E-state index in [1.54, 1.807) is 17.0 Å². The highest BCUT2D eigenvalue weighted by molar-refractivity contribution is 5.85. The van der Waals surface area contributed by atoms with Crippen LogP contribution in [0.3, 0.4) is 0 Å². The number of nitrogens with zero attached hydrogens (tertiary/aromatic N) is 2. The molecule has 0 spiro atoms. The fourth-order valence-electron chi connectivity index (χ4n) is 2.22. The van der Waals surface area contributed by atoms with E-state index in [9.17, 15) is 4.79 Å². The van der Waals surface area contributed by atoms with E-state index in [1.807, 2.05) is 6.92 Å². The van der Waals surface area contributed by atoms with E-state index in [4.69, 9.17) is 9.52 Å². The summed E-state index contributed by atoms with van der Waals surface area (Å²) in [6.07, 6.45) is 4.06. The Bertz CT molecular complexity index is 580. The van der Waals surface area contributed by atoms with Gasteiger partial charge in [0.15, 0.2) is 0 Å². The van der Waals surface area contributed by atoms with E-state index in [0.29, 0.717) is 6.54 Å². The fourth-order valence-corrected chi connectivity index (χ4v) is 2.22. The molecular weight excluding hydrogens is 208 g/mol. The number of aromatic nitrogens is 2. The van der Waals surface area contributed by atoms with Gasteiger partial charge in [0.05, 0.1) is 11.9 Å². The third-order valence-corrected chi connectivity index (χ3v) is 3.01. The molecule has 5 heteroatoms. The molecule has 0 aliphatic carbocycles. The third-order valence-electron chi connectivity index (χ3n) is 3.01. The van der Waals surface area contributed by atoms with Gasteiger partial charge in [-0.3, -0.25) is 0 Å². The lowest BCUT2D eigenvalue weighted by Gasteiger charge is -2.15. The Kier molecular flexibility index (Phi) is 1.71. The molecule has 0 atom stereocenters. The van der Waals surface area contributed by atoms with Crippen LogP contribution in [0.1, 0.15) is 21.9 Å². The van der Waals surface area contributed by atoms with Crippen molar-refractivity contribution in [2.75, 3.05) is 0 Å². The fraction of sp³-hybridized carbons (Fsp3) is 0.273. The highest BCUT2D eigenvalue weighted by atomic mass is 16.4. The number of aryl methyl sites for hydroxylation is 1. The highest BCUT2D eigenvalue weighted by Crippen LogP contribution is 2.33. The first-order valence-corrected chi connectivity index (χ1v) is 5.04. The number of imidazole rings is 1. The summed E-state index contributed by atoms with van der Waals surface area (Å²) in [6, 6.07) is 0. The maximum atomic E-state index is 10.9. The lowest BCUT2D eigenvalue weighted by Crippen LogP contribution is -2.15. The lowest BCUT2D eigenvalue weighted by molar-refractivity contribution is 0.0678. The maximum absolute atomic E-state index is 10.9. The van der Waals surface area contributed by atoms with Gasteiger partial charge in [0.25, 0.3) is 0 Å². The lowest BCUT2D eigenvalue weighted by atomic mass is 10.0. The molecule has 0 aromatic carbocycles. The Labute approximate surface area is 91.3 Å². The largest absolute Gasteiger partial charge is 0.475 e. The van der Waals surface area contributed by atoms with E-state index >= 15 is 0 Å². The van der Waals surface area contributed by atoms with Crippen LogP contribution in [0, 0.1) is 6.92 Å². The van der Waals surface area contributed by atoms with Crippen molar-refractivity contribution in [2.45, 2.75) is 19.9 Å². The predicted octanol–water partition coefficient (Wildman–Crippen LogP) is 1.71. The number of aromatic carboxylic acids is 1.